The van der Waals surface area contributed by atoms with Gasteiger partial charge in [0.05, 0.1) is 19.0 Å². The van der Waals surface area contributed by atoms with Crippen LogP contribution in [0.15, 0.2) is 30.3 Å². The first kappa shape index (κ1) is 20.8. The summed E-state index contributed by atoms with van der Waals surface area (Å²) in [6.07, 6.45) is 0.952. The number of Topliss-reactive ketones (excluding diaryl/α,β-unsaturated/α-hetero) is 2. The molecule has 1 aromatic rings. The molecule has 1 aromatic carbocycles. The fourth-order valence-electron chi connectivity index (χ4n) is 3.36. The Morgan fingerprint density at radius 2 is 1.89 bits per heavy atom. The topological polar surface area (TPSA) is 87.5 Å². The first-order valence-corrected chi connectivity index (χ1v) is 9.18. The summed E-state index contributed by atoms with van der Waals surface area (Å²) < 4.78 is 5.53. The number of nitriles is 1. The Balaban J connectivity index is 2.26. The van der Waals surface area contributed by atoms with Gasteiger partial charge in [-0.05, 0) is 40.2 Å². The van der Waals surface area contributed by atoms with Crippen molar-refractivity contribution in [3.8, 4) is 6.07 Å². The molecular formula is C21H26N2O4. The van der Waals surface area contributed by atoms with Crippen molar-refractivity contribution in [2.24, 2.45) is 5.92 Å². The molecule has 6 heteroatoms. The summed E-state index contributed by atoms with van der Waals surface area (Å²) in [4.78, 5) is 39.7. The van der Waals surface area contributed by atoms with Gasteiger partial charge in [-0.3, -0.25) is 19.3 Å². The monoisotopic (exact) mass is 370 g/mol. The highest BCUT2D eigenvalue weighted by atomic mass is 16.6. The van der Waals surface area contributed by atoms with Crippen LogP contribution in [0.5, 0.6) is 0 Å². The van der Waals surface area contributed by atoms with Gasteiger partial charge in [-0.25, -0.2) is 0 Å². The van der Waals surface area contributed by atoms with E-state index in [1.54, 1.807) is 49.9 Å². The molecule has 0 amide bonds. The predicted molar refractivity (Wildman–Crippen MR) is 99.9 cm³/mol. The quantitative estimate of drug-likeness (QED) is 0.565. The van der Waals surface area contributed by atoms with Crippen LogP contribution in [-0.4, -0.2) is 47.2 Å². The van der Waals surface area contributed by atoms with Crippen molar-refractivity contribution in [1.29, 1.82) is 5.26 Å². The van der Waals surface area contributed by atoms with E-state index in [9.17, 15) is 14.4 Å². The number of benzene rings is 1. The molecule has 1 fully saturated rings. The number of piperidine rings is 1. The summed E-state index contributed by atoms with van der Waals surface area (Å²) in [5, 5.41) is 8.88. The maximum Gasteiger partial charge on any atom is 0.324 e. The van der Waals surface area contributed by atoms with Crippen molar-refractivity contribution in [3.63, 3.8) is 0 Å². The Bertz CT molecular complexity index is 731. The Kier molecular flexibility index (Phi) is 6.86. The molecule has 144 valence electrons. The van der Waals surface area contributed by atoms with Crippen LogP contribution in [0.2, 0.25) is 0 Å². The van der Waals surface area contributed by atoms with E-state index in [4.69, 9.17) is 10.00 Å². The van der Waals surface area contributed by atoms with Gasteiger partial charge < -0.3 is 4.74 Å². The van der Waals surface area contributed by atoms with Gasteiger partial charge in [0.15, 0.2) is 11.6 Å². The lowest BCUT2D eigenvalue weighted by molar-refractivity contribution is -0.166. The predicted octanol–water partition coefficient (Wildman–Crippen LogP) is 2.77. The van der Waals surface area contributed by atoms with E-state index in [1.165, 1.54) is 0 Å². The van der Waals surface area contributed by atoms with Gasteiger partial charge in [0.25, 0.3) is 0 Å². The zero-order valence-corrected chi connectivity index (χ0v) is 16.1. The molecule has 0 bridgehead atoms. The SMILES string of the molecule is CC(C)(C)OC(=O)C1C(C(=O)CC#N)CCCN1CC(=O)c1ccccc1. The molecule has 1 aliphatic rings. The number of rotatable bonds is 6. The second-order valence-corrected chi connectivity index (χ2v) is 7.79. The average Bonchev–Trinajstić information content (AvgIpc) is 2.61. The molecule has 0 radical (unpaired) electrons. The molecule has 0 N–H and O–H groups in total. The smallest absolute Gasteiger partial charge is 0.324 e. The zero-order chi connectivity index (χ0) is 20.0. The van der Waals surface area contributed by atoms with Crippen molar-refractivity contribution in [1.82, 2.24) is 4.90 Å². The number of ketones is 2. The number of esters is 1. The van der Waals surface area contributed by atoms with Crippen LogP contribution in [0, 0.1) is 17.2 Å². The normalized spacial score (nSPS) is 20.5. The minimum Gasteiger partial charge on any atom is -0.459 e. The number of ether oxygens (including phenoxy) is 1. The average molecular weight is 370 g/mol. The molecule has 2 rings (SSSR count). The highest BCUT2D eigenvalue weighted by Crippen LogP contribution is 2.28. The number of nitrogens with zero attached hydrogens (tertiary/aromatic N) is 2. The summed E-state index contributed by atoms with van der Waals surface area (Å²) >= 11 is 0. The second-order valence-electron chi connectivity index (χ2n) is 7.79. The molecule has 0 aliphatic carbocycles. The lowest BCUT2D eigenvalue weighted by atomic mass is 9.84. The van der Waals surface area contributed by atoms with Gasteiger partial charge in [-0.15, -0.1) is 0 Å². The standard InChI is InChI=1S/C21H26N2O4/c1-21(2,3)27-20(26)19-16(17(24)11-12-22)10-7-13-23(19)14-18(25)15-8-5-4-6-9-15/h4-6,8-9,16,19H,7,10-11,13-14H2,1-3H3. The van der Waals surface area contributed by atoms with Crippen LogP contribution in [-0.2, 0) is 14.3 Å². The van der Waals surface area contributed by atoms with Crippen LogP contribution in [0.3, 0.4) is 0 Å². The Morgan fingerprint density at radius 1 is 1.22 bits per heavy atom. The molecule has 27 heavy (non-hydrogen) atoms. The van der Waals surface area contributed by atoms with Crippen LogP contribution >= 0.6 is 0 Å². The molecule has 0 saturated carbocycles. The second kappa shape index (κ2) is 8.92. The maximum atomic E-state index is 12.9. The van der Waals surface area contributed by atoms with Crippen LogP contribution in [0.4, 0.5) is 0 Å². The van der Waals surface area contributed by atoms with Crippen molar-refractivity contribution in [2.75, 3.05) is 13.1 Å². The molecule has 1 saturated heterocycles. The van der Waals surface area contributed by atoms with Gasteiger partial charge in [-0.1, -0.05) is 30.3 Å². The number of hydrogen-bond acceptors (Lipinski definition) is 6. The van der Waals surface area contributed by atoms with Gasteiger partial charge in [-0.2, -0.15) is 5.26 Å². The highest BCUT2D eigenvalue weighted by Gasteiger charge is 2.43. The third kappa shape index (κ3) is 5.73. The summed E-state index contributed by atoms with van der Waals surface area (Å²) in [7, 11) is 0. The number of likely N-dealkylation sites (tertiary alicyclic amines) is 1. The maximum absolute atomic E-state index is 12.9. The van der Waals surface area contributed by atoms with Gasteiger partial charge >= 0.3 is 5.97 Å². The summed E-state index contributed by atoms with van der Waals surface area (Å²) in [5.74, 6) is -1.53. The minimum atomic E-state index is -0.841. The third-order valence-electron chi connectivity index (χ3n) is 4.49. The minimum absolute atomic E-state index is 0.0320. The molecule has 2 atom stereocenters. The van der Waals surface area contributed by atoms with E-state index in [0.717, 1.165) is 0 Å². The fraction of sp³-hybridized carbons (Fsp3) is 0.524. The molecule has 1 heterocycles. The lowest BCUT2D eigenvalue weighted by Crippen LogP contribution is -2.55. The third-order valence-corrected chi connectivity index (χ3v) is 4.49. The highest BCUT2D eigenvalue weighted by molar-refractivity contribution is 5.98. The largest absolute Gasteiger partial charge is 0.459 e. The summed E-state index contributed by atoms with van der Waals surface area (Å²) in [6, 6.07) is 9.89. The van der Waals surface area contributed by atoms with Crippen molar-refractivity contribution in [3.05, 3.63) is 35.9 Å². The van der Waals surface area contributed by atoms with Crippen LogP contribution in [0.25, 0.3) is 0 Å². The van der Waals surface area contributed by atoms with Crippen molar-refractivity contribution in [2.45, 2.75) is 51.7 Å². The van der Waals surface area contributed by atoms with E-state index >= 15 is 0 Å². The number of hydrogen-bond donors (Lipinski definition) is 0. The van der Waals surface area contributed by atoms with Gasteiger partial charge in [0, 0.05) is 11.5 Å². The van der Waals surface area contributed by atoms with Crippen LogP contribution in [0.1, 0.15) is 50.4 Å². The molecule has 0 spiro atoms. The molecule has 1 aliphatic heterocycles. The summed E-state index contributed by atoms with van der Waals surface area (Å²) in [5.41, 5.74) is -0.141. The van der Waals surface area contributed by atoms with Crippen molar-refractivity contribution < 1.29 is 19.1 Å². The van der Waals surface area contributed by atoms with Gasteiger partial charge in [0.2, 0.25) is 0 Å². The lowest BCUT2D eigenvalue weighted by Gasteiger charge is -2.39. The zero-order valence-electron chi connectivity index (χ0n) is 16.1. The first-order chi connectivity index (χ1) is 12.7. The number of carbonyl (C=O) groups is 3. The Labute approximate surface area is 160 Å². The Morgan fingerprint density at radius 3 is 2.48 bits per heavy atom. The van der Waals surface area contributed by atoms with Crippen molar-refractivity contribution >= 4 is 17.5 Å². The van der Waals surface area contributed by atoms with E-state index in [1.807, 2.05) is 12.1 Å². The molecular weight excluding hydrogens is 344 g/mol. The molecule has 0 aromatic heterocycles. The van der Waals surface area contributed by atoms with E-state index in [-0.39, 0.29) is 24.5 Å². The fourth-order valence-corrected chi connectivity index (χ4v) is 3.36. The number of carbonyl (C=O) groups excluding carboxylic acids is 3. The Hall–Kier alpha value is -2.52. The van der Waals surface area contributed by atoms with Gasteiger partial charge in [0.1, 0.15) is 11.6 Å². The van der Waals surface area contributed by atoms with E-state index < -0.39 is 23.5 Å². The molecule has 2 unspecified atom stereocenters. The van der Waals surface area contributed by atoms with E-state index in [0.29, 0.717) is 24.9 Å². The van der Waals surface area contributed by atoms with Crippen LogP contribution < -0.4 is 0 Å². The first-order valence-electron chi connectivity index (χ1n) is 9.18. The molecule has 6 nitrogen and oxygen atoms in total. The van der Waals surface area contributed by atoms with E-state index in [2.05, 4.69) is 0 Å². The summed E-state index contributed by atoms with van der Waals surface area (Å²) in [6.45, 7) is 5.85.